The molecule has 32 heavy (non-hydrogen) atoms. The maximum Gasteiger partial charge on any atom is 0.322 e. The Labute approximate surface area is 197 Å². The van der Waals surface area contributed by atoms with E-state index in [0.29, 0.717) is 43.4 Å². The largest absolute Gasteiger partial charge is 0.490 e. The fourth-order valence-corrected chi connectivity index (χ4v) is 4.11. The smallest absolute Gasteiger partial charge is 0.322 e. The molecule has 1 unspecified atom stereocenters. The Bertz CT molecular complexity index is 995. The summed E-state index contributed by atoms with van der Waals surface area (Å²) in [6.07, 6.45) is 0.697. The van der Waals surface area contributed by atoms with Crippen molar-refractivity contribution in [2.24, 2.45) is 0 Å². The summed E-state index contributed by atoms with van der Waals surface area (Å²) in [5, 5.41) is 2.96. The molecule has 2 aromatic rings. The molecule has 1 aliphatic rings. The number of amides is 2. The van der Waals surface area contributed by atoms with E-state index in [9.17, 15) is 9.59 Å². The number of halogens is 1. The third-order valence-corrected chi connectivity index (χ3v) is 6.31. The van der Waals surface area contributed by atoms with Crippen molar-refractivity contribution < 1.29 is 23.8 Å². The van der Waals surface area contributed by atoms with Gasteiger partial charge in [-0.05, 0) is 74.2 Å². The van der Waals surface area contributed by atoms with Crippen molar-refractivity contribution in [3.8, 4) is 11.5 Å². The standard InChI is InChI=1S/C24H29BrN2O5/c1-5-31-21-12-16-9-10-27(24(29)26-17-7-8-19(25)15(3)11-17)20(14-23(28)30-4)18(16)13-22(21)32-6-2/h7-8,11-13,20H,5-6,9-10,14H2,1-4H3,(H,26,29). The van der Waals surface area contributed by atoms with Crippen LogP contribution in [-0.2, 0) is 16.0 Å². The molecule has 3 rings (SSSR count). The second-order valence-corrected chi connectivity index (χ2v) is 8.35. The lowest BCUT2D eigenvalue weighted by atomic mass is 9.90. The number of nitrogens with zero attached hydrogens (tertiary/aromatic N) is 1. The highest BCUT2D eigenvalue weighted by atomic mass is 79.9. The quantitative estimate of drug-likeness (QED) is 0.521. The van der Waals surface area contributed by atoms with Gasteiger partial charge in [-0.15, -0.1) is 0 Å². The van der Waals surface area contributed by atoms with Crippen molar-refractivity contribution in [2.75, 3.05) is 32.2 Å². The predicted octanol–water partition coefficient (Wildman–Crippen LogP) is 5.25. The first-order valence-corrected chi connectivity index (χ1v) is 11.5. The molecule has 0 spiro atoms. The molecule has 8 heteroatoms. The van der Waals surface area contributed by atoms with E-state index in [1.165, 1.54) is 7.11 Å². The van der Waals surface area contributed by atoms with Gasteiger partial charge in [-0.3, -0.25) is 4.79 Å². The first-order chi connectivity index (χ1) is 15.4. The van der Waals surface area contributed by atoms with Crippen LogP contribution in [0.5, 0.6) is 11.5 Å². The van der Waals surface area contributed by atoms with Crippen LogP contribution in [0, 0.1) is 6.92 Å². The van der Waals surface area contributed by atoms with Crippen molar-refractivity contribution in [3.63, 3.8) is 0 Å². The maximum atomic E-state index is 13.2. The number of carbonyl (C=O) groups is 2. The van der Waals surface area contributed by atoms with Gasteiger partial charge in [0.15, 0.2) is 11.5 Å². The molecule has 0 fully saturated rings. The zero-order chi connectivity index (χ0) is 23.3. The number of aryl methyl sites for hydroxylation is 1. The van der Waals surface area contributed by atoms with E-state index >= 15 is 0 Å². The number of methoxy groups -OCH3 is 1. The van der Waals surface area contributed by atoms with Crippen LogP contribution in [0.4, 0.5) is 10.5 Å². The van der Waals surface area contributed by atoms with Gasteiger partial charge in [-0.25, -0.2) is 4.79 Å². The lowest BCUT2D eigenvalue weighted by molar-refractivity contribution is -0.141. The Balaban J connectivity index is 1.95. The Kier molecular flexibility index (Phi) is 8.01. The van der Waals surface area contributed by atoms with Gasteiger partial charge in [0.25, 0.3) is 0 Å². The molecule has 0 aromatic heterocycles. The van der Waals surface area contributed by atoms with Crippen molar-refractivity contribution in [1.29, 1.82) is 0 Å². The van der Waals surface area contributed by atoms with Gasteiger partial charge < -0.3 is 24.4 Å². The number of urea groups is 1. The molecule has 0 bridgehead atoms. The van der Waals surface area contributed by atoms with E-state index in [1.54, 1.807) is 4.90 Å². The first-order valence-electron chi connectivity index (χ1n) is 10.7. The summed E-state index contributed by atoms with van der Waals surface area (Å²) in [6.45, 7) is 7.25. The Morgan fingerprint density at radius 1 is 1.12 bits per heavy atom. The molecular formula is C24H29BrN2O5. The molecule has 2 aromatic carbocycles. The molecule has 0 radical (unpaired) electrons. The molecular weight excluding hydrogens is 476 g/mol. The van der Waals surface area contributed by atoms with Gasteiger partial charge in [0.2, 0.25) is 0 Å². The highest BCUT2D eigenvalue weighted by Crippen LogP contribution is 2.40. The fourth-order valence-electron chi connectivity index (χ4n) is 3.87. The number of hydrogen-bond acceptors (Lipinski definition) is 5. The minimum atomic E-state index is -0.474. The van der Waals surface area contributed by atoms with E-state index in [1.807, 2.05) is 51.1 Å². The number of nitrogens with one attached hydrogen (secondary N) is 1. The van der Waals surface area contributed by atoms with E-state index in [2.05, 4.69) is 21.2 Å². The average Bonchev–Trinajstić information content (AvgIpc) is 2.77. The summed E-state index contributed by atoms with van der Waals surface area (Å²) in [5.41, 5.74) is 3.62. The van der Waals surface area contributed by atoms with Crippen LogP contribution >= 0.6 is 15.9 Å². The van der Waals surface area contributed by atoms with Crippen LogP contribution in [0.25, 0.3) is 0 Å². The second kappa shape index (κ2) is 10.7. The summed E-state index contributed by atoms with van der Waals surface area (Å²) in [6, 6.07) is 8.74. The van der Waals surface area contributed by atoms with E-state index in [-0.39, 0.29) is 18.4 Å². The van der Waals surface area contributed by atoms with Crippen LogP contribution in [-0.4, -0.2) is 43.8 Å². The summed E-state index contributed by atoms with van der Waals surface area (Å²) >= 11 is 3.47. The number of rotatable bonds is 7. The molecule has 1 aliphatic heterocycles. The Morgan fingerprint density at radius 2 is 1.81 bits per heavy atom. The lowest BCUT2D eigenvalue weighted by Crippen LogP contribution is -2.43. The third kappa shape index (κ3) is 5.35. The van der Waals surface area contributed by atoms with E-state index in [4.69, 9.17) is 14.2 Å². The molecule has 7 nitrogen and oxygen atoms in total. The normalized spacial score (nSPS) is 15.0. The molecule has 172 valence electrons. The molecule has 0 aliphatic carbocycles. The Hall–Kier alpha value is -2.74. The van der Waals surface area contributed by atoms with Crippen molar-refractivity contribution in [1.82, 2.24) is 4.90 Å². The number of esters is 1. The average molecular weight is 505 g/mol. The number of benzene rings is 2. The zero-order valence-corrected chi connectivity index (χ0v) is 20.5. The summed E-state index contributed by atoms with van der Waals surface area (Å²) in [4.78, 5) is 27.2. The lowest BCUT2D eigenvalue weighted by Gasteiger charge is -2.37. The van der Waals surface area contributed by atoms with Gasteiger partial charge in [-0.2, -0.15) is 0 Å². The van der Waals surface area contributed by atoms with Crippen molar-refractivity contribution in [2.45, 2.75) is 39.7 Å². The van der Waals surface area contributed by atoms with Gasteiger partial charge in [-0.1, -0.05) is 15.9 Å². The maximum absolute atomic E-state index is 13.2. The van der Waals surface area contributed by atoms with Crippen molar-refractivity contribution in [3.05, 3.63) is 51.5 Å². The minimum absolute atomic E-state index is 0.0514. The van der Waals surface area contributed by atoms with Gasteiger partial charge >= 0.3 is 12.0 Å². The monoisotopic (exact) mass is 504 g/mol. The van der Waals surface area contributed by atoms with Crippen LogP contribution < -0.4 is 14.8 Å². The van der Waals surface area contributed by atoms with Crippen LogP contribution in [0.3, 0.4) is 0 Å². The van der Waals surface area contributed by atoms with E-state index in [0.717, 1.165) is 21.2 Å². The third-order valence-electron chi connectivity index (χ3n) is 5.42. The first kappa shape index (κ1) is 23.9. The van der Waals surface area contributed by atoms with Gasteiger partial charge in [0.1, 0.15) is 0 Å². The van der Waals surface area contributed by atoms with Crippen LogP contribution in [0.1, 0.15) is 43.0 Å². The predicted molar refractivity (Wildman–Crippen MR) is 126 cm³/mol. The molecule has 1 atom stereocenters. The molecule has 1 N–H and O–H groups in total. The van der Waals surface area contributed by atoms with Crippen molar-refractivity contribution >= 4 is 33.6 Å². The highest BCUT2D eigenvalue weighted by Gasteiger charge is 2.34. The number of hydrogen-bond donors (Lipinski definition) is 1. The Morgan fingerprint density at radius 3 is 2.44 bits per heavy atom. The zero-order valence-electron chi connectivity index (χ0n) is 18.9. The number of anilines is 1. The molecule has 0 saturated carbocycles. The van der Waals surface area contributed by atoms with Crippen LogP contribution in [0.15, 0.2) is 34.8 Å². The molecule has 0 saturated heterocycles. The molecule has 1 heterocycles. The SMILES string of the molecule is CCOc1cc2c(cc1OCC)C(CC(=O)OC)N(C(=O)Nc1ccc(Br)c(C)c1)CC2. The highest BCUT2D eigenvalue weighted by molar-refractivity contribution is 9.10. The summed E-state index contributed by atoms with van der Waals surface area (Å²) < 4.78 is 17.4. The topological polar surface area (TPSA) is 77.1 Å². The molecule has 2 amide bonds. The number of ether oxygens (including phenoxy) is 3. The summed E-state index contributed by atoms with van der Waals surface area (Å²) in [7, 11) is 1.35. The van der Waals surface area contributed by atoms with Gasteiger partial charge in [0.05, 0.1) is 32.8 Å². The second-order valence-electron chi connectivity index (χ2n) is 7.50. The number of carbonyl (C=O) groups excluding carboxylic acids is 2. The number of fused-ring (bicyclic) bond motifs is 1. The van der Waals surface area contributed by atoms with Crippen LogP contribution in [0.2, 0.25) is 0 Å². The minimum Gasteiger partial charge on any atom is -0.490 e. The van der Waals surface area contributed by atoms with E-state index < -0.39 is 6.04 Å². The van der Waals surface area contributed by atoms with Gasteiger partial charge in [0, 0.05) is 16.7 Å². The summed E-state index contributed by atoms with van der Waals surface area (Å²) in [5.74, 6) is 0.897. The fraction of sp³-hybridized carbons (Fsp3) is 0.417.